The zero-order chi connectivity index (χ0) is 12.3. The molecule has 1 N–H and O–H groups in total. The van der Waals surface area contributed by atoms with Crippen LogP contribution in [-0.4, -0.2) is 21.8 Å². The number of hydrogen-bond acceptors (Lipinski definition) is 5. The first-order valence-corrected chi connectivity index (χ1v) is 6.55. The number of benzene rings is 1. The molecule has 1 aromatic carbocycles. The molecular formula is C11H11BrN2O2S. The third-order valence-corrected chi connectivity index (χ3v) is 3.91. The van der Waals surface area contributed by atoms with E-state index >= 15 is 0 Å². The van der Waals surface area contributed by atoms with E-state index in [1.807, 2.05) is 18.2 Å². The Morgan fingerprint density at radius 1 is 1.53 bits per heavy atom. The molecule has 0 amide bonds. The minimum Gasteiger partial charge on any atom is -0.497 e. The van der Waals surface area contributed by atoms with Crippen LogP contribution in [0.1, 0.15) is 16.5 Å². The van der Waals surface area contributed by atoms with E-state index in [1.54, 1.807) is 13.3 Å². The monoisotopic (exact) mass is 314 g/mol. The van der Waals surface area contributed by atoms with Crippen LogP contribution in [0.3, 0.4) is 0 Å². The summed E-state index contributed by atoms with van der Waals surface area (Å²) in [4.78, 5) is 0.764. The molecule has 0 saturated heterocycles. The second-order valence-electron chi connectivity index (χ2n) is 3.50. The van der Waals surface area contributed by atoms with Crippen molar-refractivity contribution in [3.63, 3.8) is 0 Å². The molecule has 6 heteroatoms. The summed E-state index contributed by atoms with van der Waals surface area (Å²) in [5, 5.41) is 13.7. The van der Waals surface area contributed by atoms with E-state index < -0.39 is 6.10 Å². The van der Waals surface area contributed by atoms with E-state index in [0.29, 0.717) is 6.42 Å². The zero-order valence-electron chi connectivity index (χ0n) is 9.13. The van der Waals surface area contributed by atoms with Crippen molar-refractivity contribution >= 4 is 27.5 Å². The minimum atomic E-state index is -0.585. The average Bonchev–Trinajstić information content (AvgIpc) is 2.85. The second kappa shape index (κ2) is 5.57. The van der Waals surface area contributed by atoms with Gasteiger partial charge in [-0.25, -0.2) is 0 Å². The Bertz CT molecular complexity index is 490. The first-order valence-electron chi connectivity index (χ1n) is 4.98. The topological polar surface area (TPSA) is 55.2 Å². The number of hydrogen-bond donors (Lipinski definition) is 1. The number of ether oxygens (including phenoxy) is 1. The fourth-order valence-electron chi connectivity index (χ4n) is 1.47. The molecular weight excluding hydrogens is 304 g/mol. The maximum Gasteiger partial charge on any atom is 0.119 e. The Labute approximate surface area is 112 Å². The molecule has 1 aromatic heterocycles. The highest BCUT2D eigenvalue weighted by atomic mass is 79.9. The van der Waals surface area contributed by atoms with E-state index in [9.17, 15) is 5.11 Å². The van der Waals surface area contributed by atoms with Crippen molar-refractivity contribution in [3.8, 4) is 5.75 Å². The summed E-state index contributed by atoms with van der Waals surface area (Å²) >= 11 is 4.67. The van der Waals surface area contributed by atoms with Gasteiger partial charge in [-0.15, -0.1) is 5.10 Å². The standard InChI is InChI=1S/C11H11BrN2O2S/c1-16-8-2-3-9(12)7(4-8)5-10(15)11-6-13-14-17-11/h2-4,6,10,15H,5H2,1H3. The first kappa shape index (κ1) is 12.5. The molecule has 1 unspecified atom stereocenters. The Morgan fingerprint density at radius 3 is 3.00 bits per heavy atom. The molecule has 0 spiro atoms. The molecule has 0 fully saturated rings. The molecule has 0 bridgehead atoms. The Morgan fingerprint density at radius 2 is 2.35 bits per heavy atom. The van der Waals surface area contributed by atoms with Gasteiger partial charge in [0.1, 0.15) is 5.75 Å². The minimum absolute atomic E-state index is 0.502. The highest BCUT2D eigenvalue weighted by Crippen LogP contribution is 2.27. The predicted octanol–water partition coefficient (Wildman–Crippen LogP) is 2.59. The van der Waals surface area contributed by atoms with Crippen LogP contribution in [0, 0.1) is 0 Å². The third-order valence-electron chi connectivity index (χ3n) is 2.37. The number of methoxy groups -OCH3 is 1. The van der Waals surface area contributed by atoms with Gasteiger partial charge in [-0.1, -0.05) is 20.4 Å². The molecule has 0 aliphatic carbocycles. The maximum absolute atomic E-state index is 10.0. The SMILES string of the molecule is COc1ccc(Br)c(CC(O)c2cnns2)c1. The molecule has 0 aliphatic rings. The Kier molecular flexibility index (Phi) is 4.09. The van der Waals surface area contributed by atoms with Gasteiger partial charge in [-0.2, -0.15) is 0 Å². The quantitative estimate of drug-likeness (QED) is 0.942. The number of aromatic nitrogens is 2. The first-order chi connectivity index (χ1) is 8.20. The van der Waals surface area contributed by atoms with Gasteiger partial charge in [0.05, 0.1) is 24.3 Å². The molecule has 1 heterocycles. The summed E-state index contributed by atoms with van der Waals surface area (Å²) in [6.07, 6.45) is 1.50. The maximum atomic E-state index is 10.0. The van der Waals surface area contributed by atoms with Gasteiger partial charge in [-0.05, 0) is 35.3 Å². The summed E-state index contributed by atoms with van der Waals surface area (Å²) < 4.78 is 9.85. The lowest BCUT2D eigenvalue weighted by atomic mass is 10.1. The molecule has 17 heavy (non-hydrogen) atoms. The number of halogens is 1. The fraction of sp³-hybridized carbons (Fsp3) is 0.273. The predicted molar refractivity (Wildman–Crippen MR) is 69.3 cm³/mol. The van der Waals surface area contributed by atoms with Crippen molar-refractivity contribution in [1.29, 1.82) is 0 Å². The number of aliphatic hydroxyl groups is 1. The van der Waals surface area contributed by atoms with Crippen LogP contribution in [0.25, 0.3) is 0 Å². The smallest absolute Gasteiger partial charge is 0.119 e. The molecule has 2 rings (SSSR count). The van der Waals surface area contributed by atoms with Crippen LogP contribution in [0.4, 0.5) is 0 Å². The van der Waals surface area contributed by atoms with E-state index in [1.165, 1.54) is 11.5 Å². The Hall–Kier alpha value is -0.980. The lowest BCUT2D eigenvalue weighted by Gasteiger charge is -2.10. The van der Waals surface area contributed by atoms with Crippen LogP contribution < -0.4 is 4.74 Å². The van der Waals surface area contributed by atoms with Crippen molar-refractivity contribution in [2.45, 2.75) is 12.5 Å². The third kappa shape index (κ3) is 3.02. The molecule has 4 nitrogen and oxygen atoms in total. The van der Waals surface area contributed by atoms with Crippen LogP contribution in [-0.2, 0) is 6.42 Å². The summed E-state index contributed by atoms with van der Waals surface area (Å²) in [5.74, 6) is 0.776. The van der Waals surface area contributed by atoms with E-state index in [4.69, 9.17) is 4.74 Å². The molecule has 0 aliphatic heterocycles. The molecule has 90 valence electrons. The fourth-order valence-corrected chi connectivity index (χ4v) is 2.36. The summed E-state index contributed by atoms with van der Waals surface area (Å²) in [5.41, 5.74) is 0.991. The van der Waals surface area contributed by atoms with Gasteiger partial charge in [0, 0.05) is 10.9 Å². The highest BCUT2D eigenvalue weighted by Gasteiger charge is 2.13. The summed E-state index contributed by atoms with van der Waals surface area (Å²) in [6.45, 7) is 0. The van der Waals surface area contributed by atoms with Crippen molar-refractivity contribution < 1.29 is 9.84 Å². The number of rotatable bonds is 4. The van der Waals surface area contributed by atoms with Gasteiger partial charge in [0.2, 0.25) is 0 Å². The molecule has 0 saturated carbocycles. The summed E-state index contributed by atoms with van der Waals surface area (Å²) in [6, 6.07) is 5.68. The normalized spacial score (nSPS) is 12.4. The van der Waals surface area contributed by atoms with Gasteiger partial charge < -0.3 is 9.84 Å². The van der Waals surface area contributed by atoms with E-state index in [-0.39, 0.29) is 0 Å². The van der Waals surface area contributed by atoms with Gasteiger partial charge >= 0.3 is 0 Å². The average molecular weight is 315 g/mol. The van der Waals surface area contributed by atoms with E-state index in [2.05, 4.69) is 25.5 Å². The van der Waals surface area contributed by atoms with Crippen molar-refractivity contribution in [1.82, 2.24) is 9.59 Å². The van der Waals surface area contributed by atoms with Gasteiger partial charge in [0.25, 0.3) is 0 Å². The van der Waals surface area contributed by atoms with E-state index in [0.717, 1.165) is 20.7 Å². The number of nitrogens with zero attached hydrogens (tertiary/aromatic N) is 2. The second-order valence-corrected chi connectivity index (χ2v) is 5.17. The summed E-state index contributed by atoms with van der Waals surface area (Å²) in [7, 11) is 1.62. The zero-order valence-corrected chi connectivity index (χ0v) is 11.5. The lowest BCUT2D eigenvalue weighted by Crippen LogP contribution is -2.00. The van der Waals surface area contributed by atoms with Crippen LogP contribution in [0.15, 0.2) is 28.9 Å². The van der Waals surface area contributed by atoms with Crippen molar-refractivity contribution in [3.05, 3.63) is 39.3 Å². The molecule has 2 aromatic rings. The van der Waals surface area contributed by atoms with Crippen LogP contribution in [0.2, 0.25) is 0 Å². The van der Waals surface area contributed by atoms with Crippen molar-refractivity contribution in [2.24, 2.45) is 0 Å². The largest absolute Gasteiger partial charge is 0.497 e. The number of aliphatic hydroxyl groups excluding tert-OH is 1. The molecule has 0 radical (unpaired) electrons. The highest BCUT2D eigenvalue weighted by molar-refractivity contribution is 9.10. The van der Waals surface area contributed by atoms with Gasteiger partial charge in [-0.3, -0.25) is 0 Å². The van der Waals surface area contributed by atoms with Gasteiger partial charge in [0.15, 0.2) is 0 Å². The van der Waals surface area contributed by atoms with Crippen molar-refractivity contribution in [2.75, 3.05) is 7.11 Å². The van der Waals surface area contributed by atoms with Crippen LogP contribution >= 0.6 is 27.5 Å². The lowest BCUT2D eigenvalue weighted by molar-refractivity contribution is 0.182. The van der Waals surface area contributed by atoms with Crippen LogP contribution in [0.5, 0.6) is 5.75 Å². The Balaban J connectivity index is 2.18. The molecule has 1 atom stereocenters.